The number of hydrogen-bond donors (Lipinski definition) is 2. The molecule has 186 valence electrons. The van der Waals surface area contributed by atoms with E-state index in [4.69, 9.17) is 4.74 Å². The first kappa shape index (κ1) is 26.1. The molecule has 2 unspecified atom stereocenters. The van der Waals surface area contributed by atoms with Crippen molar-refractivity contribution in [3.8, 4) is 0 Å². The number of pyridine rings is 1. The quantitative estimate of drug-likeness (QED) is 0.590. The van der Waals surface area contributed by atoms with Crippen molar-refractivity contribution in [3.05, 3.63) is 65.5 Å². The molecule has 1 aliphatic rings. The van der Waals surface area contributed by atoms with E-state index in [2.05, 4.69) is 15.6 Å². The zero-order valence-electron chi connectivity index (χ0n) is 20.3. The Balaban J connectivity index is 1.67. The van der Waals surface area contributed by atoms with Crippen molar-refractivity contribution in [2.45, 2.75) is 58.6 Å². The molecule has 1 aromatic carbocycles. The minimum absolute atomic E-state index is 0.0837. The maximum Gasteiger partial charge on any atom is 0.408 e. The third kappa shape index (κ3) is 7.73. The molecule has 2 heterocycles. The highest BCUT2D eigenvalue weighted by molar-refractivity contribution is 6.37. The van der Waals surface area contributed by atoms with Crippen molar-refractivity contribution >= 4 is 23.6 Å². The van der Waals surface area contributed by atoms with Crippen LogP contribution < -0.4 is 10.6 Å². The first-order valence-electron chi connectivity index (χ1n) is 12.1. The van der Waals surface area contributed by atoms with Crippen LogP contribution in [0.2, 0.25) is 0 Å². The van der Waals surface area contributed by atoms with E-state index in [1.165, 1.54) is 0 Å². The molecule has 3 rings (SSSR count). The molecule has 35 heavy (non-hydrogen) atoms. The highest BCUT2D eigenvalue weighted by atomic mass is 16.5. The summed E-state index contributed by atoms with van der Waals surface area (Å²) in [5, 5.41) is 5.32. The lowest BCUT2D eigenvalue weighted by molar-refractivity contribution is -0.141. The summed E-state index contributed by atoms with van der Waals surface area (Å²) in [4.78, 5) is 55.1. The lowest BCUT2D eigenvalue weighted by Gasteiger charge is -2.23. The summed E-state index contributed by atoms with van der Waals surface area (Å²) in [6, 6.07) is 10.4. The molecule has 8 heteroatoms. The molecule has 2 atom stereocenters. The molecule has 0 saturated carbocycles. The minimum Gasteiger partial charge on any atom is -0.445 e. The monoisotopic (exact) mass is 479 g/mol. The van der Waals surface area contributed by atoms with Crippen LogP contribution in [-0.2, 0) is 38.6 Å². The van der Waals surface area contributed by atoms with Gasteiger partial charge in [0.25, 0.3) is 5.91 Å². The summed E-state index contributed by atoms with van der Waals surface area (Å²) < 4.78 is 5.27. The van der Waals surface area contributed by atoms with Crippen LogP contribution in [0.25, 0.3) is 0 Å². The average molecular weight is 480 g/mol. The Labute approximate surface area is 205 Å². The number of nitrogens with zero attached hydrogens (tertiary/aromatic N) is 1. The summed E-state index contributed by atoms with van der Waals surface area (Å²) in [6.07, 6.45) is 5.06. The number of aromatic nitrogens is 1. The first-order chi connectivity index (χ1) is 16.8. The summed E-state index contributed by atoms with van der Waals surface area (Å²) in [5.74, 6) is -2.56. The van der Waals surface area contributed by atoms with Gasteiger partial charge in [-0.3, -0.25) is 19.4 Å². The van der Waals surface area contributed by atoms with Gasteiger partial charge in [-0.15, -0.1) is 0 Å². The normalized spacial score (nSPS) is 17.5. The van der Waals surface area contributed by atoms with Crippen LogP contribution in [0.3, 0.4) is 0 Å². The van der Waals surface area contributed by atoms with Crippen molar-refractivity contribution in [3.63, 3.8) is 0 Å². The van der Waals surface area contributed by atoms with E-state index in [9.17, 15) is 19.2 Å². The number of carbonyl (C=O) groups is 4. The zero-order chi connectivity index (χ0) is 25.2. The third-order valence-corrected chi connectivity index (χ3v) is 6.22. The molecule has 1 aromatic heterocycles. The fourth-order valence-electron chi connectivity index (χ4n) is 4.21. The molecule has 0 bridgehead atoms. The molecule has 1 aliphatic heterocycles. The van der Waals surface area contributed by atoms with Gasteiger partial charge in [-0.25, -0.2) is 4.79 Å². The smallest absolute Gasteiger partial charge is 0.408 e. The highest BCUT2D eigenvalue weighted by Crippen LogP contribution is 2.21. The first-order valence-corrected chi connectivity index (χ1v) is 12.1. The number of fused-ring (bicyclic) bond motifs is 1. The Kier molecular flexibility index (Phi) is 9.52. The van der Waals surface area contributed by atoms with Gasteiger partial charge in [0.1, 0.15) is 6.61 Å². The Bertz CT molecular complexity index is 1040. The maximum atomic E-state index is 13.2. The number of rotatable bonds is 7. The van der Waals surface area contributed by atoms with Crippen LogP contribution in [-0.4, -0.2) is 41.1 Å². The minimum atomic E-state index is -0.832. The standard InChI is InChI=1S/C27H33N3O5/c1-18(2)24(30-27(34)35-17-19-7-4-3-5-8-19)23(31)15-21-10-11-22-16-28-14-12-20(22)9-6-13-29-26(33)25(21)32/h3-5,7-8,12,14,16,18,21,24H,6,9-11,13,15,17H2,1-2H3,(H,29,33)(H,30,34). The third-order valence-electron chi connectivity index (χ3n) is 6.22. The van der Waals surface area contributed by atoms with Crippen molar-refractivity contribution in [1.82, 2.24) is 15.6 Å². The molecule has 0 radical (unpaired) electrons. The van der Waals surface area contributed by atoms with Gasteiger partial charge in [-0.2, -0.15) is 0 Å². The van der Waals surface area contributed by atoms with Crippen LogP contribution in [0.15, 0.2) is 48.8 Å². The number of Topliss-reactive ketones (excluding diaryl/α,β-unsaturated/α-hetero) is 2. The second kappa shape index (κ2) is 12.8. The fraction of sp³-hybridized carbons (Fsp3) is 0.444. The molecule has 0 saturated heterocycles. The topological polar surface area (TPSA) is 114 Å². The van der Waals surface area contributed by atoms with Crippen LogP contribution in [0, 0.1) is 11.8 Å². The van der Waals surface area contributed by atoms with E-state index in [1.54, 1.807) is 12.4 Å². The van der Waals surface area contributed by atoms with Crippen molar-refractivity contribution in [1.29, 1.82) is 0 Å². The molecule has 0 fully saturated rings. The van der Waals surface area contributed by atoms with E-state index >= 15 is 0 Å². The number of benzene rings is 1. The van der Waals surface area contributed by atoms with Gasteiger partial charge in [-0.1, -0.05) is 44.2 Å². The second-order valence-electron chi connectivity index (χ2n) is 9.20. The Morgan fingerprint density at radius 1 is 1.11 bits per heavy atom. The van der Waals surface area contributed by atoms with Crippen LogP contribution in [0.5, 0.6) is 0 Å². The van der Waals surface area contributed by atoms with Gasteiger partial charge < -0.3 is 15.4 Å². The van der Waals surface area contributed by atoms with E-state index < -0.39 is 29.7 Å². The van der Waals surface area contributed by atoms with Crippen molar-refractivity contribution in [2.75, 3.05) is 6.54 Å². The highest BCUT2D eigenvalue weighted by Gasteiger charge is 2.32. The molecule has 2 aromatic rings. The number of carbonyl (C=O) groups excluding carboxylic acids is 4. The number of aryl methyl sites for hydroxylation is 2. The molecule has 2 amide bonds. The number of ether oxygens (including phenoxy) is 1. The molecule has 2 N–H and O–H groups in total. The summed E-state index contributed by atoms with van der Waals surface area (Å²) >= 11 is 0. The second-order valence-corrected chi connectivity index (χ2v) is 9.20. The fourth-order valence-corrected chi connectivity index (χ4v) is 4.21. The van der Waals surface area contributed by atoms with Gasteiger partial charge in [0.15, 0.2) is 5.78 Å². The van der Waals surface area contributed by atoms with Gasteiger partial charge >= 0.3 is 6.09 Å². The van der Waals surface area contributed by atoms with E-state index in [0.717, 1.165) is 23.1 Å². The summed E-state index contributed by atoms with van der Waals surface area (Å²) in [6.45, 7) is 4.10. The summed E-state index contributed by atoms with van der Waals surface area (Å²) in [5.41, 5.74) is 2.99. The van der Waals surface area contributed by atoms with Gasteiger partial charge in [0.05, 0.1) is 6.04 Å². The number of amides is 2. The van der Waals surface area contributed by atoms with Crippen LogP contribution in [0.1, 0.15) is 49.8 Å². The predicted octanol–water partition coefficient (Wildman–Crippen LogP) is 3.17. The lowest BCUT2D eigenvalue weighted by Crippen LogP contribution is -2.46. The van der Waals surface area contributed by atoms with E-state index in [1.807, 2.05) is 50.2 Å². The zero-order valence-corrected chi connectivity index (χ0v) is 20.3. The van der Waals surface area contributed by atoms with Gasteiger partial charge in [-0.05, 0) is 54.4 Å². The van der Waals surface area contributed by atoms with Gasteiger partial charge in [0.2, 0.25) is 5.78 Å². The molecule has 8 nitrogen and oxygen atoms in total. The Hall–Kier alpha value is -3.55. The molecule has 0 spiro atoms. The Morgan fingerprint density at radius 2 is 1.89 bits per heavy atom. The Morgan fingerprint density at radius 3 is 2.63 bits per heavy atom. The number of nitrogens with one attached hydrogen (secondary N) is 2. The maximum absolute atomic E-state index is 13.2. The number of hydrogen-bond acceptors (Lipinski definition) is 6. The van der Waals surface area contributed by atoms with Gasteiger partial charge in [0, 0.05) is 31.3 Å². The largest absolute Gasteiger partial charge is 0.445 e. The SMILES string of the molecule is CC(C)C(NC(=O)OCc1ccccc1)C(=O)CC1CCc2cnccc2CCCNC(=O)C1=O. The molecular formula is C27H33N3O5. The lowest BCUT2D eigenvalue weighted by atomic mass is 9.86. The summed E-state index contributed by atoms with van der Waals surface area (Å²) in [7, 11) is 0. The average Bonchev–Trinajstić information content (AvgIpc) is 2.88. The van der Waals surface area contributed by atoms with Crippen LogP contribution in [0.4, 0.5) is 4.79 Å². The van der Waals surface area contributed by atoms with Crippen LogP contribution >= 0.6 is 0 Å². The molecule has 0 aliphatic carbocycles. The van der Waals surface area contributed by atoms with E-state index in [0.29, 0.717) is 25.8 Å². The predicted molar refractivity (Wildman–Crippen MR) is 130 cm³/mol. The number of alkyl carbamates (subject to hydrolysis) is 1. The number of ketones is 2. The van der Waals surface area contributed by atoms with Crippen molar-refractivity contribution < 1.29 is 23.9 Å². The van der Waals surface area contributed by atoms with Crippen molar-refractivity contribution in [2.24, 2.45) is 11.8 Å². The van der Waals surface area contributed by atoms with E-state index in [-0.39, 0.29) is 24.7 Å². The molecular weight excluding hydrogens is 446 g/mol.